The minimum atomic E-state index is 0.282. The zero-order chi connectivity index (χ0) is 19.2. The van der Waals surface area contributed by atoms with Gasteiger partial charge in [0.05, 0.1) is 19.8 Å². The van der Waals surface area contributed by atoms with Gasteiger partial charge in [0.1, 0.15) is 11.6 Å². The van der Waals surface area contributed by atoms with Crippen LogP contribution in [0.15, 0.2) is 24.3 Å². The first-order valence-electron chi connectivity index (χ1n) is 9.42. The van der Waals surface area contributed by atoms with Gasteiger partial charge in [0.25, 0.3) is 0 Å². The molecule has 0 radical (unpaired) electrons. The number of likely N-dealkylation sites (N-methyl/N-ethyl adjacent to an activating group) is 1. The summed E-state index contributed by atoms with van der Waals surface area (Å²) in [5.74, 6) is 2.17. The standard InChI is InChI=1S/C20H29N5O2/c1-5-25-9-8-17(12-25)27-13-15-11-16(6-7-18(15)26-4)23-20-22-14(2)10-19(21-3)24-20/h6-7,10-11,17H,5,8-9,12-13H2,1-4H3,(H2,21,22,23,24). The number of aromatic nitrogens is 2. The lowest BCUT2D eigenvalue weighted by Crippen LogP contribution is -2.22. The van der Waals surface area contributed by atoms with Crippen molar-refractivity contribution in [2.45, 2.75) is 33.0 Å². The molecule has 0 bridgehead atoms. The molecule has 7 heteroatoms. The van der Waals surface area contributed by atoms with Crippen molar-refractivity contribution in [1.29, 1.82) is 0 Å². The van der Waals surface area contributed by atoms with Gasteiger partial charge in [0, 0.05) is 43.1 Å². The van der Waals surface area contributed by atoms with Gasteiger partial charge in [-0.2, -0.15) is 4.98 Å². The lowest BCUT2D eigenvalue weighted by Gasteiger charge is -2.16. The Balaban J connectivity index is 1.70. The minimum absolute atomic E-state index is 0.282. The summed E-state index contributed by atoms with van der Waals surface area (Å²) in [5, 5.41) is 6.32. The average molecular weight is 371 g/mol. The van der Waals surface area contributed by atoms with E-state index >= 15 is 0 Å². The number of anilines is 3. The van der Waals surface area contributed by atoms with Crippen LogP contribution in [0, 0.1) is 6.92 Å². The summed E-state index contributed by atoms with van der Waals surface area (Å²) < 4.78 is 11.6. The number of nitrogens with zero attached hydrogens (tertiary/aromatic N) is 3. The maximum atomic E-state index is 6.13. The molecular weight excluding hydrogens is 342 g/mol. The largest absolute Gasteiger partial charge is 0.496 e. The van der Waals surface area contributed by atoms with Gasteiger partial charge < -0.3 is 25.0 Å². The molecule has 3 rings (SSSR count). The van der Waals surface area contributed by atoms with Crippen molar-refractivity contribution in [1.82, 2.24) is 14.9 Å². The molecule has 0 amide bonds. The fraction of sp³-hybridized carbons (Fsp3) is 0.500. The number of ether oxygens (including phenoxy) is 2. The molecule has 1 aliphatic rings. The second-order valence-corrected chi connectivity index (χ2v) is 6.73. The first kappa shape index (κ1) is 19.4. The van der Waals surface area contributed by atoms with Crippen LogP contribution in [0.1, 0.15) is 24.6 Å². The summed E-state index contributed by atoms with van der Waals surface area (Å²) in [6, 6.07) is 7.85. The Morgan fingerprint density at radius 3 is 2.81 bits per heavy atom. The van der Waals surface area contributed by atoms with Crippen molar-refractivity contribution in [2.24, 2.45) is 0 Å². The van der Waals surface area contributed by atoms with E-state index in [-0.39, 0.29) is 6.10 Å². The van der Waals surface area contributed by atoms with E-state index in [0.717, 1.165) is 54.6 Å². The number of nitrogens with one attached hydrogen (secondary N) is 2. The zero-order valence-electron chi connectivity index (χ0n) is 16.6. The van der Waals surface area contributed by atoms with Crippen LogP contribution in [-0.4, -0.2) is 54.8 Å². The molecule has 146 valence electrons. The van der Waals surface area contributed by atoms with E-state index in [1.807, 2.05) is 38.2 Å². The second-order valence-electron chi connectivity index (χ2n) is 6.73. The van der Waals surface area contributed by atoms with Crippen molar-refractivity contribution in [2.75, 3.05) is 44.4 Å². The predicted octanol–water partition coefficient (Wildman–Crippen LogP) is 3.19. The highest BCUT2D eigenvalue weighted by Gasteiger charge is 2.22. The third-order valence-corrected chi connectivity index (χ3v) is 4.80. The molecule has 1 saturated heterocycles. The number of rotatable bonds is 8. The van der Waals surface area contributed by atoms with Crippen LogP contribution in [0.25, 0.3) is 0 Å². The summed E-state index contributed by atoms with van der Waals surface area (Å²) in [4.78, 5) is 11.3. The van der Waals surface area contributed by atoms with E-state index in [1.54, 1.807) is 7.11 Å². The maximum Gasteiger partial charge on any atom is 0.229 e. The number of methoxy groups -OCH3 is 1. The van der Waals surface area contributed by atoms with Crippen molar-refractivity contribution in [3.8, 4) is 5.75 Å². The molecule has 2 N–H and O–H groups in total. The van der Waals surface area contributed by atoms with E-state index < -0.39 is 0 Å². The monoisotopic (exact) mass is 371 g/mol. The van der Waals surface area contributed by atoms with E-state index in [1.165, 1.54) is 0 Å². The van der Waals surface area contributed by atoms with Crippen LogP contribution >= 0.6 is 0 Å². The highest BCUT2D eigenvalue weighted by molar-refractivity contribution is 5.58. The summed E-state index contributed by atoms with van der Waals surface area (Å²) in [5.41, 5.74) is 2.82. The topological polar surface area (TPSA) is 71.5 Å². The van der Waals surface area contributed by atoms with E-state index in [2.05, 4.69) is 32.4 Å². The van der Waals surface area contributed by atoms with Gasteiger partial charge in [-0.25, -0.2) is 4.98 Å². The van der Waals surface area contributed by atoms with Gasteiger partial charge >= 0.3 is 0 Å². The van der Waals surface area contributed by atoms with Crippen molar-refractivity contribution in [3.05, 3.63) is 35.5 Å². The van der Waals surface area contributed by atoms with Crippen molar-refractivity contribution in [3.63, 3.8) is 0 Å². The van der Waals surface area contributed by atoms with Crippen LogP contribution in [-0.2, 0) is 11.3 Å². The normalized spacial score (nSPS) is 17.1. The first-order chi connectivity index (χ1) is 13.1. The van der Waals surface area contributed by atoms with Crippen molar-refractivity contribution < 1.29 is 9.47 Å². The number of aryl methyl sites for hydroxylation is 1. The Hall–Kier alpha value is -2.38. The fourth-order valence-corrected chi connectivity index (χ4v) is 3.28. The Morgan fingerprint density at radius 2 is 2.11 bits per heavy atom. The lowest BCUT2D eigenvalue weighted by atomic mass is 10.2. The molecule has 7 nitrogen and oxygen atoms in total. The van der Waals surface area contributed by atoms with Gasteiger partial charge in [0.15, 0.2) is 0 Å². The second kappa shape index (κ2) is 9.01. The summed E-state index contributed by atoms with van der Waals surface area (Å²) in [6.45, 7) is 7.85. The fourth-order valence-electron chi connectivity index (χ4n) is 3.28. The van der Waals surface area contributed by atoms with Crippen LogP contribution in [0.4, 0.5) is 17.5 Å². The molecule has 27 heavy (non-hydrogen) atoms. The maximum absolute atomic E-state index is 6.13. The third kappa shape index (κ3) is 5.08. The molecule has 1 unspecified atom stereocenters. The summed E-state index contributed by atoms with van der Waals surface area (Å²) >= 11 is 0. The summed E-state index contributed by atoms with van der Waals surface area (Å²) in [6.07, 6.45) is 1.36. The van der Waals surface area contributed by atoms with Crippen molar-refractivity contribution >= 4 is 17.5 Å². The molecule has 1 atom stereocenters. The molecule has 0 aliphatic carbocycles. The smallest absolute Gasteiger partial charge is 0.229 e. The molecule has 0 saturated carbocycles. The quantitative estimate of drug-likeness (QED) is 0.738. The minimum Gasteiger partial charge on any atom is -0.496 e. The number of likely N-dealkylation sites (tertiary alicyclic amines) is 1. The Kier molecular flexibility index (Phi) is 6.47. The van der Waals surface area contributed by atoms with Gasteiger partial charge in [-0.15, -0.1) is 0 Å². The van der Waals surface area contributed by atoms with E-state index in [4.69, 9.17) is 9.47 Å². The Labute approximate surface area is 161 Å². The lowest BCUT2D eigenvalue weighted by molar-refractivity contribution is 0.0460. The molecule has 1 aliphatic heterocycles. The molecule has 1 aromatic heterocycles. The van der Waals surface area contributed by atoms with Gasteiger partial charge in [-0.1, -0.05) is 6.92 Å². The van der Waals surface area contributed by atoms with Crippen LogP contribution in [0.2, 0.25) is 0 Å². The van der Waals surface area contributed by atoms with Gasteiger partial charge in [-0.3, -0.25) is 0 Å². The van der Waals surface area contributed by atoms with Crippen LogP contribution in [0.5, 0.6) is 5.75 Å². The van der Waals surface area contributed by atoms with Gasteiger partial charge in [-0.05, 0) is 38.1 Å². The number of benzene rings is 1. The highest BCUT2D eigenvalue weighted by atomic mass is 16.5. The molecule has 2 heterocycles. The van der Waals surface area contributed by atoms with Crippen LogP contribution < -0.4 is 15.4 Å². The first-order valence-corrected chi connectivity index (χ1v) is 9.42. The Bertz CT molecular complexity index is 768. The summed E-state index contributed by atoms with van der Waals surface area (Å²) in [7, 11) is 3.53. The molecule has 1 fully saturated rings. The van der Waals surface area contributed by atoms with Crippen LogP contribution in [0.3, 0.4) is 0 Å². The zero-order valence-corrected chi connectivity index (χ0v) is 16.6. The average Bonchev–Trinajstić information content (AvgIpc) is 3.14. The number of hydrogen-bond acceptors (Lipinski definition) is 7. The highest BCUT2D eigenvalue weighted by Crippen LogP contribution is 2.26. The van der Waals surface area contributed by atoms with Gasteiger partial charge in [0.2, 0.25) is 5.95 Å². The molecule has 2 aromatic rings. The molecule has 0 spiro atoms. The Morgan fingerprint density at radius 1 is 1.26 bits per heavy atom. The number of hydrogen-bond donors (Lipinski definition) is 2. The predicted molar refractivity (Wildman–Crippen MR) is 108 cm³/mol. The van der Waals surface area contributed by atoms with E-state index in [9.17, 15) is 0 Å². The molecule has 1 aromatic carbocycles. The molecular formula is C20H29N5O2. The SMILES string of the molecule is CCN1CCC(OCc2cc(Nc3nc(C)cc(NC)n3)ccc2OC)C1. The van der Waals surface area contributed by atoms with E-state index in [0.29, 0.717) is 12.6 Å². The third-order valence-electron chi connectivity index (χ3n) is 4.80.